The number of aldehydes is 1. The van der Waals surface area contributed by atoms with Crippen molar-refractivity contribution in [2.45, 2.75) is 13.3 Å². The zero-order valence-corrected chi connectivity index (χ0v) is 9.84. The van der Waals surface area contributed by atoms with Crippen LogP contribution in [0, 0.1) is 5.92 Å². The first kappa shape index (κ1) is 11.5. The average Bonchev–Trinajstić information content (AvgIpc) is 2.40. The molecule has 2 aromatic rings. The van der Waals surface area contributed by atoms with E-state index in [9.17, 15) is 4.79 Å². The highest BCUT2D eigenvalue weighted by molar-refractivity contribution is 5.59. The number of hydrogen-bond donors (Lipinski definition) is 0. The third kappa shape index (κ3) is 3.00. The van der Waals surface area contributed by atoms with E-state index in [0.29, 0.717) is 0 Å². The maximum Gasteiger partial charge on any atom is 0.123 e. The van der Waals surface area contributed by atoms with Gasteiger partial charge in [0.2, 0.25) is 0 Å². The van der Waals surface area contributed by atoms with Crippen LogP contribution in [0.4, 0.5) is 0 Å². The summed E-state index contributed by atoms with van der Waals surface area (Å²) in [6.07, 6.45) is 3.58. The highest BCUT2D eigenvalue weighted by atomic mass is 16.1. The lowest BCUT2D eigenvalue weighted by Gasteiger charge is -2.05. The molecule has 0 N–H and O–H groups in total. The first-order valence-corrected chi connectivity index (χ1v) is 5.75. The van der Waals surface area contributed by atoms with Crippen molar-refractivity contribution in [1.29, 1.82) is 0 Å². The maximum atomic E-state index is 10.6. The normalized spacial score (nSPS) is 12.1. The summed E-state index contributed by atoms with van der Waals surface area (Å²) in [6, 6.07) is 14.1. The van der Waals surface area contributed by atoms with Crippen molar-refractivity contribution in [3.8, 4) is 11.3 Å². The van der Waals surface area contributed by atoms with Gasteiger partial charge in [-0.25, -0.2) is 0 Å². The van der Waals surface area contributed by atoms with Crippen LogP contribution < -0.4 is 0 Å². The predicted octanol–water partition coefficient (Wildman–Crippen LogP) is 3.13. The number of benzene rings is 1. The fraction of sp³-hybridized carbons (Fsp3) is 0.200. The summed E-state index contributed by atoms with van der Waals surface area (Å²) in [4.78, 5) is 15.0. The molecule has 0 aliphatic rings. The number of aromatic nitrogens is 1. The van der Waals surface area contributed by atoms with Gasteiger partial charge in [0.15, 0.2) is 0 Å². The number of hydrogen-bond acceptors (Lipinski definition) is 2. The molecule has 1 atom stereocenters. The lowest BCUT2D eigenvalue weighted by Crippen LogP contribution is -2.00. The number of carbonyl (C=O) groups is 1. The van der Waals surface area contributed by atoms with Gasteiger partial charge in [0.05, 0.1) is 5.69 Å². The Balaban J connectivity index is 2.16. The molecule has 0 saturated heterocycles. The second-order valence-corrected chi connectivity index (χ2v) is 4.24. The Kier molecular flexibility index (Phi) is 3.66. The van der Waals surface area contributed by atoms with Crippen molar-refractivity contribution >= 4 is 6.29 Å². The molecule has 0 amide bonds. The Hall–Kier alpha value is -1.96. The fourth-order valence-electron chi connectivity index (χ4n) is 1.74. The molecule has 1 aromatic carbocycles. The van der Waals surface area contributed by atoms with E-state index in [2.05, 4.69) is 4.98 Å². The van der Waals surface area contributed by atoms with Gasteiger partial charge >= 0.3 is 0 Å². The van der Waals surface area contributed by atoms with E-state index in [1.807, 2.05) is 55.6 Å². The molecule has 2 heteroatoms. The van der Waals surface area contributed by atoms with E-state index >= 15 is 0 Å². The van der Waals surface area contributed by atoms with Gasteiger partial charge in [-0.05, 0) is 18.1 Å². The van der Waals surface area contributed by atoms with E-state index in [0.717, 1.165) is 29.5 Å². The molecule has 2 nitrogen and oxygen atoms in total. The SMILES string of the molecule is CC(C=O)Cc1ccc(-c2ccccc2)nc1. The minimum Gasteiger partial charge on any atom is -0.303 e. The summed E-state index contributed by atoms with van der Waals surface area (Å²) >= 11 is 0. The Morgan fingerprint density at radius 3 is 2.53 bits per heavy atom. The Labute approximate surface area is 101 Å². The molecular weight excluding hydrogens is 210 g/mol. The minimum atomic E-state index is 0.0550. The van der Waals surface area contributed by atoms with Crippen LogP contribution >= 0.6 is 0 Å². The van der Waals surface area contributed by atoms with E-state index in [4.69, 9.17) is 0 Å². The molecule has 0 aliphatic carbocycles. The van der Waals surface area contributed by atoms with Crippen molar-refractivity contribution < 1.29 is 4.79 Å². The van der Waals surface area contributed by atoms with Crippen LogP contribution in [0.25, 0.3) is 11.3 Å². The number of rotatable bonds is 4. The second kappa shape index (κ2) is 5.39. The molecule has 1 unspecified atom stereocenters. The van der Waals surface area contributed by atoms with Crippen molar-refractivity contribution in [1.82, 2.24) is 4.98 Å². The van der Waals surface area contributed by atoms with Gasteiger partial charge < -0.3 is 4.79 Å². The van der Waals surface area contributed by atoms with Crippen LogP contribution in [0.5, 0.6) is 0 Å². The first-order valence-electron chi connectivity index (χ1n) is 5.75. The summed E-state index contributed by atoms with van der Waals surface area (Å²) in [7, 11) is 0. The van der Waals surface area contributed by atoms with Gasteiger partial charge in [0.1, 0.15) is 6.29 Å². The zero-order valence-electron chi connectivity index (χ0n) is 9.84. The second-order valence-electron chi connectivity index (χ2n) is 4.24. The number of carbonyl (C=O) groups excluding carboxylic acids is 1. The molecule has 0 aliphatic heterocycles. The van der Waals surface area contributed by atoms with Crippen LogP contribution in [0.1, 0.15) is 12.5 Å². The Morgan fingerprint density at radius 2 is 1.94 bits per heavy atom. The zero-order chi connectivity index (χ0) is 12.1. The van der Waals surface area contributed by atoms with Gasteiger partial charge in [-0.15, -0.1) is 0 Å². The van der Waals surface area contributed by atoms with Gasteiger partial charge in [0.25, 0.3) is 0 Å². The lowest BCUT2D eigenvalue weighted by atomic mass is 10.0. The van der Waals surface area contributed by atoms with Crippen LogP contribution in [0.15, 0.2) is 48.7 Å². The molecule has 17 heavy (non-hydrogen) atoms. The molecule has 2 rings (SSSR count). The summed E-state index contributed by atoms with van der Waals surface area (Å²) in [5.41, 5.74) is 3.18. The highest BCUT2D eigenvalue weighted by Crippen LogP contribution is 2.17. The highest BCUT2D eigenvalue weighted by Gasteiger charge is 2.03. The average molecular weight is 225 g/mol. The monoisotopic (exact) mass is 225 g/mol. The van der Waals surface area contributed by atoms with Crippen molar-refractivity contribution in [2.75, 3.05) is 0 Å². The summed E-state index contributed by atoms with van der Waals surface area (Å²) in [5, 5.41) is 0. The standard InChI is InChI=1S/C15H15NO/c1-12(11-17)9-13-7-8-15(16-10-13)14-5-3-2-4-6-14/h2-8,10-12H,9H2,1H3. The smallest absolute Gasteiger partial charge is 0.123 e. The van der Waals surface area contributed by atoms with Crippen LogP contribution in [-0.2, 0) is 11.2 Å². The van der Waals surface area contributed by atoms with E-state index in [1.54, 1.807) is 0 Å². The Bertz CT molecular complexity index is 476. The fourth-order valence-corrected chi connectivity index (χ4v) is 1.74. The van der Waals surface area contributed by atoms with E-state index < -0.39 is 0 Å². The molecule has 86 valence electrons. The van der Waals surface area contributed by atoms with E-state index in [-0.39, 0.29) is 5.92 Å². The molecule has 0 saturated carbocycles. The van der Waals surface area contributed by atoms with Crippen LogP contribution in [0.2, 0.25) is 0 Å². The van der Waals surface area contributed by atoms with Crippen LogP contribution in [-0.4, -0.2) is 11.3 Å². The minimum absolute atomic E-state index is 0.0550. The third-order valence-corrected chi connectivity index (χ3v) is 2.68. The summed E-state index contributed by atoms with van der Waals surface area (Å²) in [6.45, 7) is 1.91. The molecule has 1 heterocycles. The molecule has 0 fully saturated rings. The molecular formula is C15H15NO. The lowest BCUT2D eigenvalue weighted by molar-refractivity contribution is -0.110. The molecule has 1 aromatic heterocycles. The number of nitrogens with zero attached hydrogens (tertiary/aromatic N) is 1. The van der Waals surface area contributed by atoms with Crippen molar-refractivity contribution in [3.63, 3.8) is 0 Å². The molecule has 0 spiro atoms. The van der Waals surface area contributed by atoms with Crippen molar-refractivity contribution in [2.24, 2.45) is 5.92 Å². The van der Waals surface area contributed by atoms with Gasteiger partial charge in [-0.2, -0.15) is 0 Å². The summed E-state index contributed by atoms with van der Waals surface area (Å²) in [5.74, 6) is 0.0550. The van der Waals surface area contributed by atoms with Crippen molar-refractivity contribution in [3.05, 3.63) is 54.2 Å². The van der Waals surface area contributed by atoms with Crippen LogP contribution in [0.3, 0.4) is 0 Å². The van der Waals surface area contributed by atoms with Gasteiger partial charge in [-0.1, -0.05) is 43.3 Å². The largest absolute Gasteiger partial charge is 0.303 e. The summed E-state index contributed by atoms with van der Waals surface area (Å²) < 4.78 is 0. The molecule has 0 bridgehead atoms. The van der Waals surface area contributed by atoms with Gasteiger partial charge in [-0.3, -0.25) is 4.98 Å². The first-order chi connectivity index (χ1) is 8.29. The quantitative estimate of drug-likeness (QED) is 0.748. The molecule has 0 radical (unpaired) electrons. The Morgan fingerprint density at radius 1 is 1.18 bits per heavy atom. The van der Waals surface area contributed by atoms with Gasteiger partial charge in [0, 0.05) is 17.7 Å². The van der Waals surface area contributed by atoms with E-state index in [1.165, 1.54) is 0 Å². The topological polar surface area (TPSA) is 30.0 Å². The third-order valence-electron chi connectivity index (χ3n) is 2.68. The number of pyridine rings is 1. The maximum absolute atomic E-state index is 10.6. The predicted molar refractivity (Wildman–Crippen MR) is 68.6 cm³/mol.